The fourth-order valence-electron chi connectivity index (χ4n) is 1.96. The minimum atomic E-state index is -0.105. The molecule has 0 spiro atoms. The Morgan fingerprint density at radius 2 is 2.27 bits per heavy atom. The Morgan fingerprint density at radius 1 is 1.50 bits per heavy atom. The van der Waals surface area contributed by atoms with E-state index in [1.165, 1.54) is 23.1 Å². The van der Waals surface area contributed by atoms with Crippen LogP contribution in [0.5, 0.6) is 0 Å². The summed E-state index contributed by atoms with van der Waals surface area (Å²) in [5, 5.41) is 3.54. The van der Waals surface area contributed by atoms with E-state index in [0.717, 1.165) is 16.1 Å². The van der Waals surface area contributed by atoms with Gasteiger partial charge >= 0.3 is 0 Å². The number of amides is 1. The quantitative estimate of drug-likeness (QED) is 0.813. The van der Waals surface area contributed by atoms with Crippen molar-refractivity contribution in [2.24, 2.45) is 5.92 Å². The van der Waals surface area contributed by atoms with Gasteiger partial charge in [-0.25, -0.2) is 4.98 Å². The lowest BCUT2D eigenvalue weighted by molar-refractivity contribution is -0.118. The van der Waals surface area contributed by atoms with E-state index in [-0.39, 0.29) is 11.5 Å². The topological polar surface area (TPSA) is 74.8 Å². The molecule has 0 saturated heterocycles. The first-order chi connectivity index (χ1) is 10.5. The number of carbonyl (C=O) groups is 1. The van der Waals surface area contributed by atoms with E-state index in [0.29, 0.717) is 35.2 Å². The fourth-order valence-corrected chi connectivity index (χ4v) is 3.58. The molecule has 7 heteroatoms. The molecule has 0 saturated carbocycles. The molecule has 0 bridgehead atoms. The highest BCUT2D eigenvalue weighted by Crippen LogP contribution is 2.20. The maximum Gasteiger partial charge on any atom is 0.259 e. The predicted octanol–water partition coefficient (Wildman–Crippen LogP) is 2.69. The molecule has 0 radical (unpaired) electrons. The van der Waals surface area contributed by atoms with Crippen molar-refractivity contribution in [1.29, 1.82) is 0 Å². The molecule has 2 aromatic heterocycles. The summed E-state index contributed by atoms with van der Waals surface area (Å²) >= 11 is 2.97. The van der Waals surface area contributed by atoms with Crippen LogP contribution in [0.1, 0.15) is 31.0 Å². The highest BCUT2D eigenvalue weighted by molar-refractivity contribution is 7.99. The van der Waals surface area contributed by atoms with E-state index >= 15 is 0 Å². The first-order valence-corrected chi connectivity index (χ1v) is 9.26. The highest BCUT2D eigenvalue weighted by Gasteiger charge is 2.08. The SMILES string of the molecule is Cc1cc2c(=O)[nH]c(CSCC(=O)NCCC(C)C)nc2s1. The number of hydrogen-bond acceptors (Lipinski definition) is 5. The Hall–Kier alpha value is -1.34. The molecular weight excluding hydrogens is 318 g/mol. The van der Waals surface area contributed by atoms with Crippen LogP contribution in [0.15, 0.2) is 10.9 Å². The van der Waals surface area contributed by atoms with Gasteiger partial charge < -0.3 is 10.3 Å². The van der Waals surface area contributed by atoms with Crippen LogP contribution in [-0.4, -0.2) is 28.2 Å². The van der Waals surface area contributed by atoms with Crippen LogP contribution >= 0.6 is 23.1 Å². The first kappa shape index (κ1) is 17.0. The van der Waals surface area contributed by atoms with Crippen molar-refractivity contribution in [3.63, 3.8) is 0 Å². The number of nitrogens with one attached hydrogen (secondary N) is 2. The Morgan fingerprint density at radius 3 is 3.00 bits per heavy atom. The maximum absolute atomic E-state index is 11.9. The maximum atomic E-state index is 11.9. The van der Waals surface area contributed by atoms with E-state index in [1.807, 2.05) is 13.0 Å². The number of aryl methyl sites for hydroxylation is 1. The van der Waals surface area contributed by atoms with Gasteiger partial charge in [-0.2, -0.15) is 0 Å². The van der Waals surface area contributed by atoms with E-state index in [9.17, 15) is 9.59 Å². The molecule has 0 aliphatic rings. The number of nitrogens with zero attached hydrogens (tertiary/aromatic N) is 1. The smallest absolute Gasteiger partial charge is 0.259 e. The van der Waals surface area contributed by atoms with E-state index in [1.54, 1.807) is 0 Å². The zero-order chi connectivity index (χ0) is 16.1. The Kier molecular flexibility index (Phi) is 6.02. The molecule has 120 valence electrons. The van der Waals surface area contributed by atoms with Gasteiger partial charge in [0, 0.05) is 11.4 Å². The summed E-state index contributed by atoms with van der Waals surface area (Å²) in [6.07, 6.45) is 0.986. The first-order valence-electron chi connectivity index (χ1n) is 7.29. The second-order valence-corrected chi connectivity index (χ2v) is 7.83. The molecule has 0 atom stereocenters. The molecular formula is C15H21N3O2S2. The monoisotopic (exact) mass is 339 g/mol. The number of aromatic amines is 1. The van der Waals surface area contributed by atoms with E-state index in [4.69, 9.17) is 0 Å². The van der Waals surface area contributed by atoms with Crippen molar-refractivity contribution < 1.29 is 4.79 Å². The number of thiophene rings is 1. The van der Waals surface area contributed by atoms with Gasteiger partial charge in [0.25, 0.3) is 5.56 Å². The largest absolute Gasteiger partial charge is 0.355 e. The average molecular weight is 339 g/mol. The second-order valence-electron chi connectivity index (χ2n) is 5.61. The average Bonchev–Trinajstić information content (AvgIpc) is 2.79. The van der Waals surface area contributed by atoms with Crippen LogP contribution in [-0.2, 0) is 10.5 Å². The molecule has 0 aliphatic carbocycles. The fraction of sp³-hybridized carbons (Fsp3) is 0.533. The van der Waals surface area contributed by atoms with Crippen molar-refractivity contribution in [2.45, 2.75) is 32.9 Å². The van der Waals surface area contributed by atoms with Gasteiger partial charge in [0.05, 0.1) is 16.9 Å². The third-order valence-electron chi connectivity index (χ3n) is 3.09. The summed E-state index contributed by atoms with van der Waals surface area (Å²) in [5.41, 5.74) is -0.105. The minimum Gasteiger partial charge on any atom is -0.355 e. The molecule has 1 amide bonds. The number of aromatic nitrogens is 2. The second kappa shape index (κ2) is 7.78. The van der Waals surface area contributed by atoms with Gasteiger partial charge in [0.2, 0.25) is 5.91 Å². The van der Waals surface area contributed by atoms with Gasteiger partial charge in [-0.1, -0.05) is 13.8 Å². The van der Waals surface area contributed by atoms with Crippen molar-refractivity contribution >= 4 is 39.2 Å². The Balaban J connectivity index is 1.84. The van der Waals surface area contributed by atoms with Gasteiger partial charge in [-0.15, -0.1) is 23.1 Å². The standard InChI is InChI=1S/C15H21N3O2S2/c1-9(2)4-5-16-13(19)8-21-7-12-17-14(20)11-6-10(3)22-15(11)18-12/h6,9H,4-5,7-8H2,1-3H3,(H,16,19)(H,17,18,20). The van der Waals surface area contributed by atoms with Crippen LogP contribution in [0, 0.1) is 12.8 Å². The van der Waals surface area contributed by atoms with Crippen molar-refractivity contribution in [2.75, 3.05) is 12.3 Å². The lowest BCUT2D eigenvalue weighted by atomic mass is 10.1. The van der Waals surface area contributed by atoms with Crippen LogP contribution in [0.3, 0.4) is 0 Å². The molecule has 2 rings (SSSR count). The molecule has 22 heavy (non-hydrogen) atoms. The molecule has 0 unspecified atom stereocenters. The van der Waals surface area contributed by atoms with Crippen molar-refractivity contribution in [3.8, 4) is 0 Å². The number of hydrogen-bond donors (Lipinski definition) is 2. The Bertz CT molecular complexity index is 706. The lowest BCUT2D eigenvalue weighted by Gasteiger charge is -2.06. The molecule has 2 heterocycles. The summed E-state index contributed by atoms with van der Waals surface area (Å²) in [6.45, 7) is 6.94. The van der Waals surface area contributed by atoms with Gasteiger partial charge in [0.15, 0.2) is 0 Å². The molecule has 2 N–H and O–H groups in total. The molecule has 2 aromatic rings. The number of carbonyl (C=O) groups excluding carboxylic acids is 1. The van der Waals surface area contributed by atoms with Crippen molar-refractivity contribution in [3.05, 3.63) is 27.1 Å². The number of fused-ring (bicyclic) bond motifs is 1. The zero-order valence-electron chi connectivity index (χ0n) is 13.1. The van der Waals surface area contributed by atoms with Crippen LogP contribution in [0.4, 0.5) is 0 Å². The van der Waals surface area contributed by atoms with E-state index in [2.05, 4.69) is 29.1 Å². The van der Waals surface area contributed by atoms with Gasteiger partial charge in [0.1, 0.15) is 10.7 Å². The normalized spacial score (nSPS) is 11.3. The van der Waals surface area contributed by atoms with Gasteiger partial charge in [-0.3, -0.25) is 9.59 Å². The van der Waals surface area contributed by atoms with Crippen LogP contribution < -0.4 is 10.9 Å². The summed E-state index contributed by atoms with van der Waals surface area (Å²) in [4.78, 5) is 32.7. The molecule has 0 aromatic carbocycles. The predicted molar refractivity (Wildman–Crippen MR) is 93.6 cm³/mol. The molecule has 0 fully saturated rings. The minimum absolute atomic E-state index is 0.0287. The van der Waals surface area contributed by atoms with Gasteiger partial charge in [-0.05, 0) is 25.3 Å². The number of thioether (sulfide) groups is 1. The number of rotatable bonds is 7. The highest BCUT2D eigenvalue weighted by atomic mass is 32.2. The van der Waals surface area contributed by atoms with E-state index < -0.39 is 0 Å². The summed E-state index contributed by atoms with van der Waals surface area (Å²) in [7, 11) is 0. The van der Waals surface area contributed by atoms with Crippen LogP contribution in [0.25, 0.3) is 10.2 Å². The van der Waals surface area contributed by atoms with Crippen molar-refractivity contribution in [1.82, 2.24) is 15.3 Å². The summed E-state index contributed by atoms with van der Waals surface area (Å²) < 4.78 is 0. The third-order valence-corrected chi connectivity index (χ3v) is 4.98. The summed E-state index contributed by atoms with van der Waals surface area (Å²) in [6, 6.07) is 1.85. The summed E-state index contributed by atoms with van der Waals surface area (Å²) in [5.74, 6) is 2.15. The molecule has 5 nitrogen and oxygen atoms in total. The van der Waals surface area contributed by atoms with Crippen LogP contribution in [0.2, 0.25) is 0 Å². The zero-order valence-corrected chi connectivity index (χ0v) is 14.7. The number of H-pyrrole nitrogens is 1. The third kappa shape index (κ3) is 4.84. The Labute approximate surface area is 137 Å². The lowest BCUT2D eigenvalue weighted by Crippen LogP contribution is -2.27. The molecule has 0 aliphatic heterocycles.